The normalized spacial score (nSPS) is 18.2. The lowest BCUT2D eigenvalue weighted by Gasteiger charge is -2.27. The maximum absolute atomic E-state index is 14.3. The number of nitrogens with zero attached hydrogens (tertiary/aromatic N) is 6. The van der Waals surface area contributed by atoms with Crippen LogP contribution >= 0.6 is 0 Å². The molecule has 5 aromatic rings. The number of benzene rings is 3. The van der Waals surface area contributed by atoms with Crippen molar-refractivity contribution in [1.82, 2.24) is 39.8 Å². The van der Waals surface area contributed by atoms with Crippen molar-refractivity contribution in [2.45, 2.75) is 94.7 Å². The molecule has 20 nitrogen and oxygen atoms in total. The number of carbonyl (C=O) groups excluding carboxylic acids is 5. The van der Waals surface area contributed by atoms with E-state index in [-0.39, 0.29) is 59.9 Å². The minimum Gasteiger partial charge on any atom is -0.494 e. The van der Waals surface area contributed by atoms with Crippen molar-refractivity contribution in [3.05, 3.63) is 99.9 Å². The Bertz CT molecular complexity index is 2990. The molecule has 5 heterocycles. The van der Waals surface area contributed by atoms with E-state index in [1.807, 2.05) is 25.1 Å². The van der Waals surface area contributed by atoms with Crippen molar-refractivity contribution >= 4 is 56.6 Å². The monoisotopic (exact) mass is 964 g/mol. The number of carboxylic acids is 1. The van der Waals surface area contributed by atoms with Gasteiger partial charge in [0.1, 0.15) is 45.3 Å². The summed E-state index contributed by atoms with van der Waals surface area (Å²) in [6.07, 6.45) is 4.20. The van der Waals surface area contributed by atoms with Crippen LogP contribution in [0, 0.1) is 6.92 Å². The molecule has 3 aliphatic heterocycles. The quantitative estimate of drug-likeness (QED) is 0.0830. The van der Waals surface area contributed by atoms with Crippen LogP contribution in [0.2, 0.25) is 0 Å². The lowest BCUT2D eigenvalue weighted by atomic mass is 9.86. The Hall–Kier alpha value is -7.26. The summed E-state index contributed by atoms with van der Waals surface area (Å²) < 4.78 is 49.0. The van der Waals surface area contributed by atoms with Crippen molar-refractivity contribution in [2.24, 2.45) is 7.05 Å². The summed E-state index contributed by atoms with van der Waals surface area (Å²) in [5, 5.41) is 23.3. The molecule has 0 spiro atoms. The zero-order chi connectivity index (χ0) is 49.1. The molecule has 5 amide bonds. The topological polar surface area (TPSA) is 259 Å². The number of hydrogen-bond acceptors (Lipinski definition) is 14. The summed E-state index contributed by atoms with van der Waals surface area (Å²) in [6, 6.07) is 14.2. The smallest absolute Gasteiger partial charge is 0.304 e. The summed E-state index contributed by atoms with van der Waals surface area (Å²) in [7, 11) is -0.806. The predicted molar refractivity (Wildman–Crippen MR) is 246 cm³/mol. The first-order chi connectivity index (χ1) is 33.0. The van der Waals surface area contributed by atoms with Crippen LogP contribution in [0.3, 0.4) is 0 Å². The molecule has 1 saturated heterocycles. The molecule has 1 fully saturated rings. The van der Waals surface area contributed by atoms with Crippen LogP contribution in [0.1, 0.15) is 106 Å². The van der Waals surface area contributed by atoms with Crippen molar-refractivity contribution < 1.29 is 56.5 Å². The molecule has 21 heteroatoms. The van der Waals surface area contributed by atoms with Crippen molar-refractivity contribution in [3.8, 4) is 17.2 Å². The first kappa shape index (κ1) is 48.2. The van der Waals surface area contributed by atoms with Gasteiger partial charge < -0.3 is 24.6 Å². The summed E-state index contributed by atoms with van der Waals surface area (Å²) in [5.74, 6) is -3.86. The van der Waals surface area contributed by atoms with Gasteiger partial charge >= 0.3 is 5.97 Å². The van der Waals surface area contributed by atoms with Gasteiger partial charge in [-0.3, -0.25) is 44.0 Å². The molecule has 69 heavy (non-hydrogen) atoms. The van der Waals surface area contributed by atoms with Crippen molar-refractivity contribution in [2.75, 3.05) is 26.8 Å². The standard InChI is InChI=1S/C48H52N8O12S/c1-27-13-14-29(34(22-43(59)60)30-19-35-45(39(20-30)66-4)54(3)53-52-35)18-31(27)25-55-24-28(2)68-38-21-32(50-23-40(38)69(55,64)65)10-7-5-6-8-17-49-42(58)26-67-37-12-9-11-33-44(37)48(63)56(47(33)62)36-15-16-41(57)51-46(36)61/h9,11-14,18-21,23,28,34,36H,5-8,10,15-17,22,24-26H2,1-4H3,(H,49,58)(H,59,60)(H,51,57,61)/t28-,34+,36?/m1/s1. The zero-order valence-corrected chi connectivity index (χ0v) is 39.3. The number of hydrogen-bond donors (Lipinski definition) is 3. The number of aliphatic carboxylic acids is 1. The maximum Gasteiger partial charge on any atom is 0.304 e. The van der Waals surface area contributed by atoms with E-state index in [2.05, 4.69) is 25.9 Å². The van der Waals surface area contributed by atoms with Crippen LogP contribution in [0.4, 0.5) is 0 Å². The van der Waals surface area contributed by atoms with Crippen LogP contribution in [-0.4, -0.2) is 117 Å². The minimum absolute atomic E-state index is 0.00665. The largest absolute Gasteiger partial charge is 0.494 e. The van der Waals surface area contributed by atoms with E-state index in [1.54, 1.807) is 36.9 Å². The van der Waals surface area contributed by atoms with Crippen LogP contribution in [0.5, 0.6) is 17.2 Å². The number of unbranched alkanes of at least 4 members (excludes halogenated alkanes) is 3. The number of ether oxygens (including phenoxy) is 3. The zero-order valence-electron chi connectivity index (χ0n) is 38.5. The number of amides is 5. The number of nitrogens with one attached hydrogen (secondary N) is 2. The highest BCUT2D eigenvalue weighted by molar-refractivity contribution is 7.89. The van der Waals surface area contributed by atoms with Crippen molar-refractivity contribution in [3.63, 3.8) is 0 Å². The van der Waals surface area contributed by atoms with Gasteiger partial charge in [0.05, 0.1) is 37.4 Å². The van der Waals surface area contributed by atoms with Gasteiger partial charge in [-0.1, -0.05) is 42.3 Å². The third-order valence-corrected chi connectivity index (χ3v) is 14.4. The molecule has 3 aliphatic rings. The van der Waals surface area contributed by atoms with Gasteiger partial charge in [0.2, 0.25) is 21.8 Å². The fourth-order valence-electron chi connectivity index (χ4n) is 9.03. The number of aryl methyl sites for hydroxylation is 3. The van der Waals surface area contributed by atoms with Gasteiger partial charge in [0.25, 0.3) is 17.7 Å². The van der Waals surface area contributed by atoms with Gasteiger partial charge in [-0.2, -0.15) is 4.31 Å². The second-order valence-corrected chi connectivity index (χ2v) is 19.3. The Morgan fingerprint density at radius 2 is 1.80 bits per heavy atom. The molecule has 0 saturated carbocycles. The molecule has 2 aromatic heterocycles. The summed E-state index contributed by atoms with van der Waals surface area (Å²) in [4.78, 5) is 80.6. The van der Waals surface area contributed by atoms with Crippen LogP contribution in [0.25, 0.3) is 11.0 Å². The van der Waals surface area contributed by atoms with E-state index >= 15 is 0 Å². The molecule has 3 aromatic carbocycles. The second-order valence-electron chi connectivity index (χ2n) is 17.4. The van der Waals surface area contributed by atoms with Crippen LogP contribution in [-0.2, 0) is 49.2 Å². The molecule has 3 atom stereocenters. The van der Waals surface area contributed by atoms with E-state index in [4.69, 9.17) is 14.2 Å². The first-order valence-corrected chi connectivity index (χ1v) is 24.1. The number of pyridine rings is 1. The number of fused-ring (bicyclic) bond motifs is 3. The number of sulfonamides is 1. The molecule has 3 N–H and O–H groups in total. The van der Waals surface area contributed by atoms with Gasteiger partial charge in [-0.15, -0.1) is 5.10 Å². The number of imide groups is 2. The summed E-state index contributed by atoms with van der Waals surface area (Å²) >= 11 is 0. The highest BCUT2D eigenvalue weighted by atomic mass is 32.2. The Labute approximate surface area is 397 Å². The Kier molecular flexibility index (Phi) is 14.1. The highest BCUT2D eigenvalue weighted by Crippen LogP contribution is 2.38. The van der Waals surface area contributed by atoms with E-state index < -0.39 is 70.2 Å². The van der Waals surface area contributed by atoms with E-state index in [0.717, 1.165) is 29.7 Å². The average Bonchev–Trinajstić information content (AvgIpc) is 3.78. The number of carboxylic acid groups (broad SMARTS) is 1. The lowest BCUT2D eigenvalue weighted by molar-refractivity contribution is -0.138. The number of methoxy groups -OCH3 is 1. The highest BCUT2D eigenvalue weighted by Gasteiger charge is 2.46. The summed E-state index contributed by atoms with van der Waals surface area (Å²) in [5.41, 5.74) is 4.82. The third-order valence-electron chi connectivity index (χ3n) is 12.6. The van der Waals surface area contributed by atoms with Gasteiger partial charge in [-0.05, 0) is 86.1 Å². The Balaban J connectivity index is 0.831. The molecule has 362 valence electrons. The Morgan fingerprint density at radius 1 is 1.00 bits per heavy atom. The van der Waals surface area contributed by atoms with E-state index in [0.29, 0.717) is 58.6 Å². The Morgan fingerprint density at radius 3 is 2.57 bits per heavy atom. The summed E-state index contributed by atoms with van der Waals surface area (Å²) in [6.45, 7) is 3.74. The van der Waals surface area contributed by atoms with Crippen LogP contribution in [0.15, 0.2) is 65.7 Å². The number of rotatable bonds is 18. The van der Waals surface area contributed by atoms with Crippen LogP contribution < -0.4 is 24.8 Å². The second kappa shape index (κ2) is 20.1. The van der Waals surface area contributed by atoms with Gasteiger partial charge in [-0.25, -0.2) is 13.1 Å². The molecule has 0 bridgehead atoms. The fraction of sp³-hybridized carbons (Fsp3) is 0.396. The van der Waals surface area contributed by atoms with Gasteiger partial charge in [0, 0.05) is 44.2 Å². The predicted octanol–water partition coefficient (Wildman–Crippen LogP) is 3.96. The van der Waals surface area contributed by atoms with E-state index in [1.165, 1.54) is 35.8 Å². The molecule has 1 unspecified atom stereocenters. The van der Waals surface area contributed by atoms with E-state index in [9.17, 15) is 42.3 Å². The third kappa shape index (κ3) is 10.1. The molecule has 0 aliphatic carbocycles. The van der Waals surface area contributed by atoms with Gasteiger partial charge in [0.15, 0.2) is 6.61 Å². The molecular formula is C48H52N8O12S. The number of carbonyl (C=O) groups is 6. The molecule has 0 radical (unpaired) electrons. The fourth-order valence-corrected chi connectivity index (χ4v) is 10.6. The minimum atomic E-state index is -4.08. The number of aromatic nitrogens is 4. The number of piperidine rings is 1. The molecular weight excluding hydrogens is 913 g/mol. The lowest BCUT2D eigenvalue weighted by Crippen LogP contribution is -2.54. The SMILES string of the molecule is COc1cc([C@@H](CC(=O)O)c2ccc(C)c(CN3C[C@@H](C)Oc4cc(CCCCCCNC(=O)COc5cccc6c5C(=O)N(C5CCC(=O)NC5=O)C6=O)ncc4S3(=O)=O)c2)cc2nnn(C)c12. The average molecular weight is 965 g/mol. The first-order valence-electron chi connectivity index (χ1n) is 22.6. The maximum atomic E-state index is 14.3. The molecule has 8 rings (SSSR count). The van der Waals surface area contributed by atoms with Crippen molar-refractivity contribution in [1.29, 1.82) is 0 Å².